The number of hydrogen-bond acceptors (Lipinski definition) is 7. The molecule has 9 nitrogen and oxygen atoms in total. The fraction of sp³-hybridized carbons (Fsp3) is 0.550. The van der Waals surface area contributed by atoms with Crippen molar-refractivity contribution in [1.82, 2.24) is 9.21 Å². The number of likely N-dealkylation sites (tertiary alicyclic amines) is 1. The lowest BCUT2D eigenvalue weighted by Crippen LogP contribution is -2.47. The molecule has 0 aromatic heterocycles. The van der Waals surface area contributed by atoms with Crippen molar-refractivity contribution >= 4 is 28.0 Å². The molecule has 0 saturated carbocycles. The van der Waals surface area contributed by atoms with Crippen molar-refractivity contribution in [2.75, 3.05) is 13.2 Å². The van der Waals surface area contributed by atoms with E-state index in [1.54, 1.807) is 39.8 Å². The Bertz CT molecular complexity index is 981. The van der Waals surface area contributed by atoms with Crippen molar-refractivity contribution in [2.24, 2.45) is 0 Å². The van der Waals surface area contributed by atoms with Crippen LogP contribution in [0.2, 0.25) is 0 Å². The largest absolute Gasteiger partial charge is 0.464 e. The summed E-state index contributed by atoms with van der Waals surface area (Å²) in [6, 6.07) is 5.00. The zero-order chi connectivity index (χ0) is 22.5. The SMILES string of the molecule is CCOC(=O)[C@@H]1C[C@]2(CN2S(=O)(=O)c2ccc(C)cc2)C(=O)N1C(=O)OC(C)(C)C. The first-order valence-corrected chi connectivity index (χ1v) is 11.1. The third-order valence-electron chi connectivity index (χ3n) is 5.00. The van der Waals surface area contributed by atoms with Gasteiger partial charge in [0.15, 0.2) is 0 Å². The summed E-state index contributed by atoms with van der Waals surface area (Å²) in [5, 5.41) is 0. The normalized spacial score (nSPS) is 26.0. The van der Waals surface area contributed by atoms with Crippen molar-refractivity contribution in [3.05, 3.63) is 29.8 Å². The maximum absolute atomic E-state index is 13.2. The van der Waals surface area contributed by atoms with Gasteiger partial charge in [-0.3, -0.25) is 4.79 Å². The zero-order valence-electron chi connectivity index (χ0n) is 17.7. The summed E-state index contributed by atoms with van der Waals surface area (Å²) < 4.78 is 37.4. The third-order valence-corrected chi connectivity index (χ3v) is 6.92. The highest BCUT2D eigenvalue weighted by Gasteiger charge is 2.72. The summed E-state index contributed by atoms with van der Waals surface area (Å²) in [6.45, 7) is 8.27. The number of hydrogen-bond donors (Lipinski definition) is 0. The van der Waals surface area contributed by atoms with Gasteiger partial charge in [0.2, 0.25) is 10.0 Å². The average Bonchev–Trinajstić information content (AvgIpc) is 3.29. The highest BCUT2D eigenvalue weighted by molar-refractivity contribution is 7.89. The minimum Gasteiger partial charge on any atom is -0.464 e. The van der Waals surface area contributed by atoms with E-state index in [0.717, 1.165) is 9.87 Å². The van der Waals surface area contributed by atoms with E-state index in [0.29, 0.717) is 4.90 Å². The van der Waals surface area contributed by atoms with Gasteiger partial charge in [-0.1, -0.05) is 17.7 Å². The monoisotopic (exact) mass is 438 g/mol. The second-order valence-electron chi connectivity index (χ2n) is 8.48. The molecule has 0 radical (unpaired) electrons. The molecule has 10 heteroatoms. The number of ether oxygens (including phenoxy) is 2. The maximum atomic E-state index is 13.2. The molecule has 164 valence electrons. The predicted octanol–water partition coefficient (Wildman–Crippen LogP) is 1.84. The second-order valence-corrected chi connectivity index (χ2v) is 10.3. The van der Waals surface area contributed by atoms with Crippen molar-refractivity contribution in [3.8, 4) is 0 Å². The van der Waals surface area contributed by atoms with Gasteiger partial charge in [0.1, 0.15) is 17.2 Å². The van der Waals surface area contributed by atoms with E-state index in [1.165, 1.54) is 12.1 Å². The van der Waals surface area contributed by atoms with E-state index in [4.69, 9.17) is 9.47 Å². The minimum absolute atomic E-state index is 0.0428. The van der Waals surface area contributed by atoms with Crippen LogP contribution in [0, 0.1) is 6.92 Å². The van der Waals surface area contributed by atoms with Gasteiger partial charge < -0.3 is 9.47 Å². The Morgan fingerprint density at radius 1 is 1.20 bits per heavy atom. The maximum Gasteiger partial charge on any atom is 0.417 e. The quantitative estimate of drug-likeness (QED) is 0.521. The Kier molecular flexibility index (Phi) is 5.44. The average molecular weight is 439 g/mol. The molecule has 2 aliphatic heterocycles. The lowest BCUT2D eigenvalue weighted by molar-refractivity contribution is -0.151. The zero-order valence-corrected chi connectivity index (χ0v) is 18.5. The van der Waals surface area contributed by atoms with E-state index in [9.17, 15) is 22.8 Å². The summed E-state index contributed by atoms with van der Waals surface area (Å²) in [4.78, 5) is 39.1. The lowest BCUT2D eigenvalue weighted by Gasteiger charge is -2.26. The van der Waals surface area contributed by atoms with E-state index in [2.05, 4.69) is 0 Å². The highest BCUT2D eigenvalue weighted by Crippen LogP contribution is 2.49. The molecule has 0 N–H and O–H groups in total. The molecule has 1 unspecified atom stereocenters. The molecule has 3 atom stereocenters. The second kappa shape index (κ2) is 7.35. The van der Waals surface area contributed by atoms with E-state index < -0.39 is 45.2 Å². The lowest BCUT2D eigenvalue weighted by atomic mass is 10.1. The van der Waals surface area contributed by atoms with Gasteiger partial charge in [0.25, 0.3) is 5.91 Å². The van der Waals surface area contributed by atoms with Gasteiger partial charge >= 0.3 is 12.1 Å². The summed E-state index contributed by atoms with van der Waals surface area (Å²) in [7, 11) is -3.97. The van der Waals surface area contributed by atoms with Crippen LogP contribution in [0.1, 0.15) is 39.7 Å². The summed E-state index contributed by atoms with van der Waals surface area (Å²) in [6.07, 6.45) is -1.17. The molecule has 3 rings (SSSR count). The standard InChI is InChI=1S/C20H26N2O7S/c1-6-28-16(23)15-11-20(17(24)22(15)18(25)29-19(3,4)5)12-21(20)30(26,27)14-9-7-13(2)8-10-14/h7-10,15H,6,11-12H2,1-5H3/t15-,20-,21?/m0/s1. The molecule has 1 aromatic rings. The number of carbonyl (C=O) groups is 3. The third kappa shape index (κ3) is 3.81. The van der Waals surface area contributed by atoms with Gasteiger partial charge in [-0.2, -0.15) is 4.31 Å². The van der Waals surface area contributed by atoms with Crippen molar-refractivity contribution in [3.63, 3.8) is 0 Å². The van der Waals surface area contributed by atoms with Crippen LogP contribution in [0.15, 0.2) is 29.2 Å². The Morgan fingerprint density at radius 2 is 1.80 bits per heavy atom. The number of imide groups is 1. The number of rotatable bonds is 4. The van der Waals surface area contributed by atoms with Crippen molar-refractivity contribution in [1.29, 1.82) is 0 Å². The van der Waals surface area contributed by atoms with Crippen LogP contribution < -0.4 is 0 Å². The van der Waals surface area contributed by atoms with Crippen molar-refractivity contribution < 1.29 is 32.3 Å². The van der Waals surface area contributed by atoms with Crippen LogP contribution in [0.5, 0.6) is 0 Å². The molecule has 2 saturated heterocycles. The fourth-order valence-electron chi connectivity index (χ4n) is 3.51. The van der Waals surface area contributed by atoms with Crippen LogP contribution in [-0.2, 0) is 29.1 Å². The fourth-order valence-corrected chi connectivity index (χ4v) is 5.24. The number of esters is 1. The van der Waals surface area contributed by atoms with Gasteiger partial charge in [-0.25, -0.2) is 22.9 Å². The minimum atomic E-state index is -3.97. The number of nitrogens with zero attached hydrogens (tertiary/aromatic N) is 2. The van der Waals surface area contributed by atoms with Crippen LogP contribution in [0.25, 0.3) is 0 Å². The first-order chi connectivity index (χ1) is 13.8. The number of amides is 2. The van der Waals surface area contributed by atoms with Crippen LogP contribution in [-0.4, -0.2) is 65.9 Å². The molecule has 2 amide bonds. The van der Waals surface area contributed by atoms with Crippen LogP contribution >= 0.6 is 0 Å². The van der Waals surface area contributed by atoms with Gasteiger partial charge in [0, 0.05) is 13.0 Å². The molecular formula is C20H26N2O7S. The van der Waals surface area contributed by atoms with E-state index in [-0.39, 0.29) is 24.5 Å². The predicted molar refractivity (Wildman–Crippen MR) is 106 cm³/mol. The molecule has 30 heavy (non-hydrogen) atoms. The summed E-state index contributed by atoms with van der Waals surface area (Å²) in [5.41, 5.74) is -1.49. The molecule has 0 bridgehead atoms. The van der Waals surface area contributed by atoms with E-state index >= 15 is 0 Å². The summed E-state index contributed by atoms with van der Waals surface area (Å²) in [5.74, 6) is -1.54. The van der Waals surface area contributed by atoms with Crippen molar-refractivity contribution in [2.45, 2.75) is 63.1 Å². The first kappa shape index (κ1) is 22.2. The highest BCUT2D eigenvalue weighted by atomic mass is 32.2. The number of benzene rings is 1. The molecular weight excluding hydrogens is 412 g/mol. The summed E-state index contributed by atoms with van der Waals surface area (Å²) >= 11 is 0. The molecule has 1 aromatic carbocycles. The molecule has 2 heterocycles. The topological polar surface area (TPSA) is 110 Å². The van der Waals surface area contributed by atoms with Crippen LogP contribution in [0.4, 0.5) is 4.79 Å². The Balaban J connectivity index is 1.93. The molecule has 1 spiro atoms. The van der Waals surface area contributed by atoms with Gasteiger partial charge in [-0.15, -0.1) is 0 Å². The Morgan fingerprint density at radius 3 is 2.33 bits per heavy atom. The number of sulfonamides is 1. The Hall–Kier alpha value is -2.46. The van der Waals surface area contributed by atoms with Crippen LogP contribution in [0.3, 0.4) is 0 Å². The van der Waals surface area contributed by atoms with E-state index in [1.807, 2.05) is 6.92 Å². The number of aryl methyl sites for hydroxylation is 1. The first-order valence-electron chi connectivity index (χ1n) is 9.66. The smallest absolute Gasteiger partial charge is 0.417 e. The van der Waals surface area contributed by atoms with Gasteiger partial charge in [0.05, 0.1) is 11.5 Å². The number of carbonyl (C=O) groups excluding carboxylic acids is 3. The molecule has 2 aliphatic rings. The molecule has 2 fully saturated rings. The molecule has 0 aliphatic carbocycles. The van der Waals surface area contributed by atoms with Gasteiger partial charge in [-0.05, 0) is 46.8 Å². The Labute approximate surface area is 176 Å².